The maximum Gasteiger partial charge on any atom is 0.357 e. The van der Waals surface area contributed by atoms with Crippen LogP contribution >= 0.6 is 0 Å². The molecule has 1 heterocycles. The molecular formula is C20H27FN2O6. The molecule has 160 valence electrons. The predicted octanol–water partition coefficient (Wildman–Crippen LogP) is 1.32. The Bertz CT molecular complexity index is 776. The van der Waals surface area contributed by atoms with E-state index in [4.69, 9.17) is 0 Å². The van der Waals surface area contributed by atoms with E-state index in [1.54, 1.807) is 32.9 Å². The number of rotatable bonds is 8. The van der Waals surface area contributed by atoms with Crippen molar-refractivity contribution in [1.29, 1.82) is 0 Å². The lowest BCUT2D eigenvalue weighted by atomic mass is 9.83. The number of hydrogen-bond donors (Lipinski definition) is 5. The molecule has 1 aromatic carbocycles. The minimum Gasteiger partial charge on any atom is -0.508 e. The van der Waals surface area contributed by atoms with E-state index >= 15 is 0 Å². The van der Waals surface area contributed by atoms with Crippen LogP contribution in [-0.4, -0.2) is 57.5 Å². The predicted molar refractivity (Wildman–Crippen MR) is 102 cm³/mol. The lowest BCUT2D eigenvalue weighted by Gasteiger charge is -2.33. The summed E-state index contributed by atoms with van der Waals surface area (Å²) in [5, 5.41) is 33.4. The number of alkyl halides is 1. The van der Waals surface area contributed by atoms with E-state index in [1.165, 1.54) is 12.1 Å². The van der Waals surface area contributed by atoms with Gasteiger partial charge in [-0.05, 0) is 42.5 Å². The minimum absolute atomic E-state index is 0.0113. The van der Waals surface area contributed by atoms with Gasteiger partial charge in [0.25, 0.3) is 5.79 Å². The Morgan fingerprint density at radius 3 is 2.31 bits per heavy atom. The maximum atomic E-state index is 14.9. The van der Waals surface area contributed by atoms with Gasteiger partial charge in [-0.2, -0.15) is 0 Å². The number of Topliss-reactive ketones (excluding diaryl/α,β-unsaturated/α-hetero) is 1. The number of phenols is 1. The second-order valence-corrected chi connectivity index (χ2v) is 8.41. The van der Waals surface area contributed by atoms with Crippen LogP contribution in [0, 0.1) is 11.3 Å². The molecular weight excluding hydrogens is 383 g/mol. The number of aliphatic carboxylic acids is 2. The number of carbonyl (C=O) groups is 3. The van der Waals surface area contributed by atoms with Crippen LogP contribution < -0.4 is 10.6 Å². The number of benzene rings is 1. The Morgan fingerprint density at radius 2 is 1.83 bits per heavy atom. The van der Waals surface area contributed by atoms with Gasteiger partial charge in [0.05, 0.1) is 12.0 Å². The fraction of sp³-hybridized carbons (Fsp3) is 0.550. The van der Waals surface area contributed by atoms with Gasteiger partial charge in [0.2, 0.25) is 0 Å². The number of hydrogen-bond acceptors (Lipinski definition) is 6. The second-order valence-electron chi connectivity index (χ2n) is 8.41. The number of carboxylic acids is 2. The van der Waals surface area contributed by atoms with Crippen molar-refractivity contribution in [3.63, 3.8) is 0 Å². The molecule has 1 aliphatic heterocycles. The van der Waals surface area contributed by atoms with Gasteiger partial charge in [0.1, 0.15) is 11.8 Å². The highest BCUT2D eigenvalue weighted by Gasteiger charge is 2.55. The van der Waals surface area contributed by atoms with Gasteiger partial charge < -0.3 is 15.3 Å². The molecule has 1 aliphatic rings. The van der Waals surface area contributed by atoms with Crippen molar-refractivity contribution in [1.82, 2.24) is 10.6 Å². The molecule has 2 unspecified atom stereocenters. The summed E-state index contributed by atoms with van der Waals surface area (Å²) in [7, 11) is 0. The Kier molecular flexibility index (Phi) is 6.64. The van der Waals surface area contributed by atoms with E-state index in [2.05, 4.69) is 10.6 Å². The van der Waals surface area contributed by atoms with Crippen LogP contribution in [0.2, 0.25) is 0 Å². The molecule has 0 bridgehead atoms. The molecule has 0 amide bonds. The molecule has 29 heavy (non-hydrogen) atoms. The van der Waals surface area contributed by atoms with E-state index in [0.29, 0.717) is 5.56 Å². The zero-order valence-electron chi connectivity index (χ0n) is 16.6. The number of halogens is 1. The Labute approximate surface area is 168 Å². The van der Waals surface area contributed by atoms with Gasteiger partial charge in [0, 0.05) is 0 Å². The third-order valence-corrected chi connectivity index (χ3v) is 5.15. The van der Waals surface area contributed by atoms with Gasteiger partial charge in [-0.3, -0.25) is 20.2 Å². The SMILES string of the molecule is CC(C)(C)C(N[C@@H](Cc1ccc(O)cc1)C(=O)C1CCN[C@]1(F)C(=O)O)C(=O)O. The van der Waals surface area contributed by atoms with Crippen LogP contribution in [0.3, 0.4) is 0 Å². The standard InChI is InChI=1S/C20H27FN2O6/c1-19(2,3)16(17(26)27)23-14(10-11-4-6-12(24)7-5-11)15(25)13-8-9-22-20(13,21)18(28)29/h4-7,13-14,16,22-24H,8-10H2,1-3H3,(H,26,27)(H,28,29)/t13?,14-,16?,20-/m0/s1. The summed E-state index contributed by atoms with van der Waals surface area (Å²) in [4.78, 5) is 36.4. The second kappa shape index (κ2) is 8.46. The largest absolute Gasteiger partial charge is 0.508 e. The topological polar surface area (TPSA) is 136 Å². The van der Waals surface area contributed by atoms with E-state index in [-0.39, 0.29) is 25.1 Å². The van der Waals surface area contributed by atoms with Crippen molar-refractivity contribution >= 4 is 17.7 Å². The highest BCUT2D eigenvalue weighted by molar-refractivity contribution is 5.94. The number of nitrogens with one attached hydrogen (secondary N) is 2. The number of ketones is 1. The average Bonchev–Trinajstić information content (AvgIpc) is 3.01. The molecule has 1 saturated heterocycles. The fourth-order valence-electron chi connectivity index (χ4n) is 3.53. The zero-order valence-corrected chi connectivity index (χ0v) is 16.6. The molecule has 8 nitrogen and oxygen atoms in total. The molecule has 0 radical (unpaired) electrons. The van der Waals surface area contributed by atoms with E-state index in [1.807, 2.05) is 0 Å². The van der Waals surface area contributed by atoms with Crippen molar-refractivity contribution in [2.75, 3.05) is 6.54 Å². The molecule has 2 rings (SSSR count). The van der Waals surface area contributed by atoms with Gasteiger partial charge in [-0.25, -0.2) is 9.18 Å². The molecule has 0 aromatic heterocycles. The first kappa shape index (κ1) is 22.8. The highest BCUT2D eigenvalue weighted by atomic mass is 19.1. The van der Waals surface area contributed by atoms with E-state index in [0.717, 1.165) is 0 Å². The molecule has 0 spiro atoms. The molecule has 0 saturated carbocycles. The van der Waals surface area contributed by atoms with Crippen LogP contribution in [0.25, 0.3) is 0 Å². The molecule has 5 N–H and O–H groups in total. The average molecular weight is 410 g/mol. The molecule has 0 aliphatic carbocycles. The van der Waals surface area contributed by atoms with Crippen molar-refractivity contribution in [2.24, 2.45) is 11.3 Å². The molecule has 1 fully saturated rings. The van der Waals surface area contributed by atoms with E-state index in [9.17, 15) is 34.1 Å². The Morgan fingerprint density at radius 1 is 1.24 bits per heavy atom. The molecule has 9 heteroatoms. The number of carboxylic acid groups (broad SMARTS) is 2. The van der Waals surface area contributed by atoms with Crippen molar-refractivity contribution in [2.45, 2.75) is 51.5 Å². The fourth-order valence-corrected chi connectivity index (χ4v) is 3.53. The van der Waals surface area contributed by atoms with Crippen molar-refractivity contribution < 1.29 is 34.1 Å². The quantitative estimate of drug-likeness (QED) is 0.405. The van der Waals surface area contributed by atoms with Crippen LogP contribution in [0.5, 0.6) is 5.75 Å². The van der Waals surface area contributed by atoms with Crippen LogP contribution in [0.1, 0.15) is 32.8 Å². The summed E-state index contributed by atoms with van der Waals surface area (Å²) < 4.78 is 14.9. The summed E-state index contributed by atoms with van der Waals surface area (Å²) in [6.45, 7) is 5.09. The van der Waals surface area contributed by atoms with Crippen LogP contribution in [-0.2, 0) is 20.8 Å². The van der Waals surface area contributed by atoms with E-state index < -0.39 is 46.9 Å². The third kappa shape index (κ3) is 5.10. The van der Waals surface area contributed by atoms with Gasteiger partial charge in [-0.15, -0.1) is 0 Å². The first-order valence-corrected chi connectivity index (χ1v) is 9.34. The van der Waals surface area contributed by atoms with Crippen LogP contribution in [0.15, 0.2) is 24.3 Å². The summed E-state index contributed by atoms with van der Waals surface area (Å²) in [6, 6.07) is 3.72. The summed E-state index contributed by atoms with van der Waals surface area (Å²) >= 11 is 0. The number of aromatic hydroxyl groups is 1. The molecule has 4 atom stereocenters. The number of carbonyl (C=O) groups excluding carboxylic acids is 1. The summed E-state index contributed by atoms with van der Waals surface area (Å²) in [5.41, 5.74) is -0.148. The van der Waals surface area contributed by atoms with Crippen LogP contribution in [0.4, 0.5) is 4.39 Å². The smallest absolute Gasteiger partial charge is 0.357 e. The third-order valence-electron chi connectivity index (χ3n) is 5.15. The summed E-state index contributed by atoms with van der Waals surface area (Å²) in [5.74, 6) is -7.98. The van der Waals surface area contributed by atoms with Gasteiger partial charge >= 0.3 is 11.9 Å². The Hall–Kier alpha value is -2.52. The lowest BCUT2D eigenvalue weighted by Crippen LogP contribution is -2.58. The van der Waals surface area contributed by atoms with Gasteiger partial charge in [0.15, 0.2) is 5.78 Å². The van der Waals surface area contributed by atoms with Crippen molar-refractivity contribution in [3.8, 4) is 5.75 Å². The minimum atomic E-state index is -2.90. The number of phenolic OH excluding ortho intramolecular Hbond substituents is 1. The van der Waals surface area contributed by atoms with Crippen molar-refractivity contribution in [3.05, 3.63) is 29.8 Å². The monoisotopic (exact) mass is 410 g/mol. The Balaban J connectivity index is 2.37. The maximum absolute atomic E-state index is 14.9. The van der Waals surface area contributed by atoms with Gasteiger partial charge in [-0.1, -0.05) is 32.9 Å². The highest BCUT2D eigenvalue weighted by Crippen LogP contribution is 2.32. The summed E-state index contributed by atoms with van der Waals surface area (Å²) in [6.07, 6.45) is 0.00776. The zero-order chi connectivity index (χ0) is 22.0. The first-order chi connectivity index (χ1) is 13.4. The first-order valence-electron chi connectivity index (χ1n) is 9.34. The normalized spacial score (nSPS) is 24.1. The lowest BCUT2D eigenvalue weighted by molar-refractivity contribution is -0.159. The molecule has 1 aromatic rings.